The zero-order chi connectivity index (χ0) is 19.2. The summed E-state index contributed by atoms with van der Waals surface area (Å²) in [6, 6.07) is 15.2. The minimum absolute atomic E-state index is 0.178. The lowest BCUT2D eigenvalue weighted by Gasteiger charge is -2.16. The predicted molar refractivity (Wildman–Crippen MR) is 103 cm³/mol. The van der Waals surface area contributed by atoms with Gasteiger partial charge in [0.05, 0.1) is 16.1 Å². The number of nitrogens with two attached hydrogens (primary N) is 1. The van der Waals surface area contributed by atoms with Crippen molar-refractivity contribution in [3.05, 3.63) is 77.3 Å². The number of ketones is 1. The molecule has 0 radical (unpaired) electrons. The van der Waals surface area contributed by atoms with Gasteiger partial charge in [0.2, 0.25) is 5.78 Å². The first kappa shape index (κ1) is 18.5. The zero-order valence-electron chi connectivity index (χ0n) is 14.3. The number of primary amides is 1. The Bertz CT molecular complexity index is 955. The number of Topliss-reactive ketones (excluding diaryl/α,β-unsaturated/α-hetero) is 1. The first-order valence-electron chi connectivity index (χ1n) is 8.23. The molecule has 0 saturated heterocycles. The molecule has 1 unspecified atom stereocenters. The van der Waals surface area contributed by atoms with Gasteiger partial charge < -0.3 is 11.1 Å². The monoisotopic (exact) mass is 379 g/mol. The van der Waals surface area contributed by atoms with Crippen LogP contribution in [0, 0.1) is 0 Å². The van der Waals surface area contributed by atoms with E-state index in [2.05, 4.69) is 10.3 Å². The maximum absolute atomic E-state index is 12.8. The number of rotatable bonds is 7. The summed E-state index contributed by atoms with van der Waals surface area (Å²) >= 11 is 1.38. The van der Waals surface area contributed by atoms with Gasteiger partial charge in [-0.2, -0.15) is 0 Å². The van der Waals surface area contributed by atoms with Crippen molar-refractivity contribution in [1.82, 2.24) is 10.3 Å². The molecule has 1 atom stereocenters. The second kappa shape index (κ2) is 8.37. The van der Waals surface area contributed by atoms with E-state index in [1.807, 2.05) is 36.4 Å². The van der Waals surface area contributed by atoms with Crippen molar-refractivity contribution in [3.8, 4) is 10.6 Å². The van der Waals surface area contributed by atoms with Crippen molar-refractivity contribution in [3.63, 3.8) is 0 Å². The van der Waals surface area contributed by atoms with Gasteiger partial charge in [0.1, 0.15) is 6.04 Å². The molecule has 6 nitrogen and oxygen atoms in total. The van der Waals surface area contributed by atoms with Crippen LogP contribution in [0.25, 0.3) is 10.6 Å². The Kier molecular flexibility index (Phi) is 5.73. The van der Waals surface area contributed by atoms with Crippen LogP contribution in [-0.2, 0) is 16.0 Å². The van der Waals surface area contributed by atoms with Crippen molar-refractivity contribution in [2.24, 2.45) is 5.73 Å². The molecule has 0 aliphatic carbocycles. The van der Waals surface area contributed by atoms with E-state index in [9.17, 15) is 14.4 Å². The highest BCUT2D eigenvalue weighted by Crippen LogP contribution is 2.27. The van der Waals surface area contributed by atoms with Crippen molar-refractivity contribution in [1.29, 1.82) is 0 Å². The van der Waals surface area contributed by atoms with Crippen LogP contribution >= 0.6 is 11.3 Å². The second-order valence-corrected chi connectivity index (χ2v) is 6.74. The summed E-state index contributed by atoms with van der Waals surface area (Å²) in [5.74, 6) is -2.36. The van der Waals surface area contributed by atoms with Gasteiger partial charge in [0.15, 0.2) is 0 Å². The summed E-state index contributed by atoms with van der Waals surface area (Å²) in [5, 5.41) is 4.43. The maximum Gasteiger partial charge on any atom is 0.287 e. The van der Waals surface area contributed by atoms with Gasteiger partial charge >= 0.3 is 0 Å². The molecule has 2 aromatic heterocycles. The Morgan fingerprint density at radius 1 is 1.04 bits per heavy atom. The average Bonchev–Trinajstić information content (AvgIpc) is 3.18. The Hall–Kier alpha value is -3.32. The van der Waals surface area contributed by atoms with E-state index < -0.39 is 23.6 Å². The van der Waals surface area contributed by atoms with Crippen LogP contribution < -0.4 is 11.1 Å². The van der Waals surface area contributed by atoms with Crippen molar-refractivity contribution >= 4 is 28.9 Å². The van der Waals surface area contributed by atoms with Crippen LogP contribution in [0.3, 0.4) is 0 Å². The first-order chi connectivity index (χ1) is 13.1. The van der Waals surface area contributed by atoms with Crippen LogP contribution in [0.1, 0.15) is 15.9 Å². The maximum atomic E-state index is 12.8. The quantitative estimate of drug-likeness (QED) is 0.614. The van der Waals surface area contributed by atoms with Crippen LogP contribution in [-0.4, -0.2) is 28.6 Å². The van der Waals surface area contributed by atoms with Gasteiger partial charge in [-0.25, -0.2) is 0 Å². The number of thiophene rings is 1. The smallest absolute Gasteiger partial charge is 0.287 e. The molecule has 3 N–H and O–H groups in total. The fraction of sp³-hybridized carbons (Fsp3) is 0.100. The van der Waals surface area contributed by atoms with Crippen molar-refractivity contribution in [2.45, 2.75) is 12.5 Å². The van der Waals surface area contributed by atoms with Gasteiger partial charge in [-0.1, -0.05) is 36.4 Å². The van der Waals surface area contributed by atoms with Gasteiger partial charge in [-0.3, -0.25) is 19.4 Å². The summed E-state index contributed by atoms with van der Waals surface area (Å²) < 4.78 is 0. The highest BCUT2D eigenvalue weighted by atomic mass is 32.1. The largest absolute Gasteiger partial charge is 0.363 e. The molecule has 0 aliphatic heterocycles. The molecule has 136 valence electrons. The van der Waals surface area contributed by atoms with Gasteiger partial charge in [0.25, 0.3) is 11.8 Å². The molecule has 7 heteroatoms. The highest BCUT2D eigenvalue weighted by molar-refractivity contribution is 7.14. The van der Waals surface area contributed by atoms with E-state index in [4.69, 9.17) is 5.73 Å². The number of nitrogens with zero attached hydrogens (tertiary/aromatic N) is 1. The number of amides is 2. The number of pyridine rings is 1. The topological polar surface area (TPSA) is 102 Å². The lowest BCUT2D eigenvalue weighted by Crippen LogP contribution is -2.47. The molecule has 0 saturated carbocycles. The number of carbonyl (C=O) groups excluding carboxylic acids is 3. The van der Waals surface area contributed by atoms with Crippen LogP contribution in [0.15, 0.2) is 66.2 Å². The summed E-state index contributed by atoms with van der Waals surface area (Å²) in [7, 11) is 0. The van der Waals surface area contributed by atoms with Crippen molar-refractivity contribution in [2.75, 3.05) is 0 Å². The Balaban J connectivity index is 1.84. The normalized spacial score (nSPS) is 11.6. The molecular weight excluding hydrogens is 362 g/mol. The van der Waals surface area contributed by atoms with Crippen LogP contribution in [0.2, 0.25) is 0 Å². The summed E-state index contributed by atoms with van der Waals surface area (Å²) in [4.78, 5) is 41.4. The van der Waals surface area contributed by atoms with Crippen molar-refractivity contribution < 1.29 is 14.4 Å². The Morgan fingerprint density at radius 2 is 1.78 bits per heavy atom. The molecule has 0 spiro atoms. The molecule has 3 rings (SSSR count). The van der Waals surface area contributed by atoms with Crippen LogP contribution in [0.5, 0.6) is 0 Å². The minimum atomic E-state index is -1.08. The number of benzene rings is 1. The predicted octanol–water partition coefficient (Wildman–Crippen LogP) is 2.21. The molecule has 1 aromatic carbocycles. The van der Waals surface area contributed by atoms with Gasteiger partial charge in [0, 0.05) is 12.6 Å². The van der Waals surface area contributed by atoms with E-state index in [1.165, 1.54) is 11.3 Å². The first-order valence-corrected chi connectivity index (χ1v) is 9.11. The molecule has 0 fully saturated rings. The summed E-state index contributed by atoms with van der Waals surface area (Å²) in [5.41, 5.74) is 7.03. The van der Waals surface area contributed by atoms with E-state index in [0.29, 0.717) is 16.1 Å². The number of aromatic nitrogens is 1. The summed E-state index contributed by atoms with van der Waals surface area (Å²) in [6.07, 6.45) is 1.82. The molecule has 2 amide bonds. The third-order valence-electron chi connectivity index (χ3n) is 3.95. The zero-order valence-corrected chi connectivity index (χ0v) is 15.1. The van der Waals surface area contributed by atoms with E-state index in [-0.39, 0.29) is 6.42 Å². The van der Waals surface area contributed by atoms with E-state index in [0.717, 1.165) is 5.56 Å². The van der Waals surface area contributed by atoms with Crippen LogP contribution in [0.4, 0.5) is 0 Å². The third-order valence-corrected chi connectivity index (χ3v) is 4.89. The average molecular weight is 379 g/mol. The number of carbonyl (C=O) groups is 3. The number of nitrogens with one attached hydrogen (secondary N) is 1. The number of hydrogen-bond donors (Lipinski definition) is 2. The SMILES string of the molecule is NC(=O)C(=O)C(Cc1ccccc1)NC(=O)c1ccsc1-c1ccccn1. The highest BCUT2D eigenvalue weighted by Gasteiger charge is 2.27. The minimum Gasteiger partial charge on any atom is -0.363 e. The lowest BCUT2D eigenvalue weighted by atomic mass is 10.0. The molecule has 2 heterocycles. The molecule has 0 aliphatic rings. The number of hydrogen-bond acceptors (Lipinski definition) is 5. The van der Waals surface area contributed by atoms with E-state index >= 15 is 0 Å². The van der Waals surface area contributed by atoms with Gasteiger partial charge in [-0.05, 0) is 29.1 Å². The molecule has 0 bridgehead atoms. The molecule has 3 aromatic rings. The van der Waals surface area contributed by atoms with E-state index in [1.54, 1.807) is 29.8 Å². The lowest BCUT2D eigenvalue weighted by molar-refractivity contribution is -0.137. The standard InChI is InChI=1S/C20H17N3O3S/c21-19(25)17(24)16(12-13-6-2-1-3-7-13)23-20(26)14-9-11-27-18(14)15-8-4-5-10-22-15/h1-11,16H,12H2,(H2,21,25)(H,23,26). The second-order valence-electron chi connectivity index (χ2n) is 5.82. The third kappa shape index (κ3) is 4.45. The summed E-state index contributed by atoms with van der Waals surface area (Å²) in [6.45, 7) is 0. The molecule has 27 heavy (non-hydrogen) atoms. The Morgan fingerprint density at radius 3 is 2.44 bits per heavy atom. The fourth-order valence-electron chi connectivity index (χ4n) is 2.65. The van der Waals surface area contributed by atoms with Gasteiger partial charge in [-0.15, -0.1) is 11.3 Å². The fourth-order valence-corrected chi connectivity index (χ4v) is 3.52. The molecular formula is C20H17N3O3S. The Labute approximate surface area is 160 Å².